The van der Waals surface area contributed by atoms with Gasteiger partial charge in [-0.2, -0.15) is 0 Å². The van der Waals surface area contributed by atoms with Crippen LogP contribution in [-0.4, -0.2) is 17.0 Å². The predicted molar refractivity (Wildman–Crippen MR) is 81.5 cm³/mol. The molecule has 3 rings (SSSR count). The monoisotopic (exact) mass is 283 g/mol. The normalized spacial score (nSPS) is 15.2. The highest BCUT2D eigenvalue weighted by molar-refractivity contribution is 6.05. The summed E-state index contributed by atoms with van der Waals surface area (Å²) in [5.41, 5.74) is 0.526. The lowest BCUT2D eigenvalue weighted by molar-refractivity contribution is -0.119. The maximum absolute atomic E-state index is 12.2. The van der Waals surface area contributed by atoms with Crippen molar-refractivity contribution >= 4 is 28.3 Å². The van der Waals surface area contributed by atoms with E-state index in [0.29, 0.717) is 5.69 Å². The van der Waals surface area contributed by atoms with E-state index in [4.69, 9.17) is 0 Å². The zero-order valence-corrected chi connectivity index (χ0v) is 11.6. The summed E-state index contributed by atoms with van der Waals surface area (Å²) >= 11 is 0. The molecule has 2 aromatic rings. The zero-order chi connectivity index (χ0) is 14.8. The average molecular weight is 283 g/mol. The molecule has 0 spiro atoms. The Morgan fingerprint density at radius 2 is 1.67 bits per heavy atom. The number of aromatic carboxylic acids is 1. The van der Waals surface area contributed by atoms with Crippen LogP contribution >= 0.6 is 0 Å². The van der Waals surface area contributed by atoms with Crippen LogP contribution in [0.25, 0.3) is 10.8 Å². The van der Waals surface area contributed by atoms with E-state index in [-0.39, 0.29) is 17.4 Å². The van der Waals surface area contributed by atoms with Crippen molar-refractivity contribution in [3.05, 3.63) is 42.0 Å². The third-order valence-electron chi connectivity index (χ3n) is 4.10. The minimum Gasteiger partial charge on any atom is -0.478 e. The Labute approximate surface area is 122 Å². The fourth-order valence-corrected chi connectivity index (χ4v) is 2.94. The van der Waals surface area contributed by atoms with Crippen molar-refractivity contribution in [3.8, 4) is 0 Å². The number of hydrogen-bond acceptors (Lipinski definition) is 2. The Kier molecular flexibility index (Phi) is 3.60. The van der Waals surface area contributed by atoms with E-state index < -0.39 is 5.97 Å². The van der Waals surface area contributed by atoms with Gasteiger partial charge in [-0.05, 0) is 35.7 Å². The van der Waals surface area contributed by atoms with Gasteiger partial charge in [0.2, 0.25) is 5.91 Å². The number of carboxylic acids is 1. The topological polar surface area (TPSA) is 66.4 Å². The van der Waals surface area contributed by atoms with E-state index in [1.807, 2.05) is 24.3 Å². The number of nitrogens with one attached hydrogen (secondary N) is 1. The molecule has 2 N–H and O–H groups in total. The lowest BCUT2D eigenvalue weighted by Gasteiger charge is -2.13. The molecule has 108 valence electrons. The molecular formula is C17H17NO3. The molecule has 0 unspecified atom stereocenters. The van der Waals surface area contributed by atoms with E-state index >= 15 is 0 Å². The Morgan fingerprint density at radius 3 is 2.29 bits per heavy atom. The Morgan fingerprint density at radius 1 is 1.05 bits per heavy atom. The van der Waals surface area contributed by atoms with E-state index in [9.17, 15) is 14.7 Å². The highest BCUT2D eigenvalue weighted by atomic mass is 16.4. The zero-order valence-electron chi connectivity index (χ0n) is 11.6. The molecule has 1 amide bonds. The molecule has 0 radical (unpaired) electrons. The first-order valence-electron chi connectivity index (χ1n) is 7.22. The molecule has 1 aliphatic rings. The third-order valence-corrected chi connectivity index (χ3v) is 4.10. The number of carboxylic acid groups (broad SMARTS) is 1. The van der Waals surface area contributed by atoms with Gasteiger partial charge in [-0.1, -0.05) is 37.1 Å². The summed E-state index contributed by atoms with van der Waals surface area (Å²) in [6.07, 6.45) is 3.92. The Bertz CT molecular complexity index is 702. The van der Waals surface area contributed by atoms with Crippen LogP contribution in [0.2, 0.25) is 0 Å². The molecular weight excluding hydrogens is 266 g/mol. The van der Waals surface area contributed by atoms with Crippen LogP contribution < -0.4 is 5.32 Å². The van der Waals surface area contributed by atoms with Gasteiger partial charge in [-0.25, -0.2) is 4.79 Å². The number of anilines is 1. The highest BCUT2D eigenvalue weighted by Crippen LogP contribution is 2.28. The molecule has 0 atom stereocenters. The number of amides is 1. The average Bonchev–Trinajstić information content (AvgIpc) is 3.00. The summed E-state index contributed by atoms with van der Waals surface area (Å²) in [6, 6.07) is 10.9. The summed E-state index contributed by atoms with van der Waals surface area (Å²) in [7, 11) is 0. The van der Waals surface area contributed by atoms with Gasteiger partial charge in [0, 0.05) is 5.92 Å². The summed E-state index contributed by atoms with van der Waals surface area (Å²) in [6.45, 7) is 0. The van der Waals surface area contributed by atoms with Gasteiger partial charge < -0.3 is 10.4 Å². The summed E-state index contributed by atoms with van der Waals surface area (Å²) in [4.78, 5) is 23.6. The van der Waals surface area contributed by atoms with E-state index in [1.54, 1.807) is 12.1 Å². The second-order valence-corrected chi connectivity index (χ2v) is 5.52. The second kappa shape index (κ2) is 5.56. The van der Waals surface area contributed by atoms with E-state index in [0.717, 1.165) is 36.5 Å². The van der Waals surface area contributed by atoms with Crippen LogP contribution in [0.1, 0.15) is 36.0 Å². The molecule has 0 bridgehead atoms. The third kappa shape index (κ3) is 2.75. The number of benzene rings is 2. The molecule has 4 nitrogen and oxygen atoms in total. The molecule has 4 heteroatoms. The Balaban J connectivity index is 1.97. The van der Waals surface area contributed by atoms with E-state index in [2.05, 4.69) is 5.32 Å². The molecule has 0 heterocycles. The van der Waals surface area contributed by atoms with Crippen molar-refractivity contribution in [1.82, 2.24) is 0 Å². The van der Waals surface area contributed by atoms with Gasteiger partial charge in [-0.3, -0.25) is 4.79 Å². The quantitative estimate of drug-likeness (QED) is 0.903. The van der Waals surface area contributed by atoms with Gasteiger partial charge in [0.25, 0.3) is 0 Å². The lowest BCUT2D eigenvalue weighted by atomic mass is 10.0. The van der Waals surface area contributed by atoms with Gasteiger partial charge in [0.05, 0.1) is 11.3 Å². The lowest BCUT2D eigenvalue weighted by Crippen LogP contribution is -2.21. The van der Waals surface area contributed by atoms with E-state index in [1.165, 1.54) is 0 Å². The van der Waals surface area contributed by atoms with Crippen LogP contribution in [-0.2, 0) is 4.79 Å². The van der Waals surface area contributed by atoms with Gasteiger partial charge in [0.1, 0.15) is 0 Å². The number of rotatable bonds is 3. The summed E-state index contributed by atoms with van der Waals surface area (Å²) < 4.78 is 0. The summed E-state index contributed by atoms with van der Waals surface area (Å²) in [5, 5.41) is 13.9. The molecule has 1 aliphatic carbocycles. The SMILES string of the molecule is O=C(O)c1cc2ccccc2cc1NC(=O)C1CCCC1. The molecule has 1 fully saturated rings. The van der Waals surface area contributed by atoms with Crippen molar-refractivity contribution < 1.29 is 14.7 Å². The molecule has 1 saturated carbocycles. The maximum Gasteiger partial charge on any atom is 0.337 e. The van der Waals surface area contributed by atoms with Crippen LogP contribution in [0.15, 0.2) is 36.4 Å². The van der Waals surface area contributed by atoms with Gasteiger partial charge in [-0.15, -0.1) is 0 Å². The van der Waals surface area contributed by atoms with Crippen molar-refractivity contribution in [3.63, 3.8) is 0 Å². The summed E-state index contributed by atoms with van der Waals surface area (Å²) in [5.74, 6) is -1.08. The van der Waals surface area contributed by atoms with Crippen LogP contribution in [0.4, 0.5) is 5.69 Å². The van der Waals surface area contributed by atoms with Crippen molar-refractivity contribution in [2.24, 2.45) is 5.92 Å². The molecule has 0 aliphatic heterocycles. The van der Waals surface area contributed by atoms with Crippen LogP contribution in [0, 0.1) is 5.92 Å². The number of carbonyl (C=O) groups excluding carboxylic acids is 1. The molecule has 0 saturated heterocycles. The molecule has 2 aromatic carbocycles. The number of fused-ring (bicyclic) bond motifs is 1. The van der Waals surface area contributed by atoms with Crippen molar-refractivity contribution in [2.45, 2.75) is 25.7 Å². The first kappa shape index (κ1) is 13.6. The van der Waals surface area contributed by atoms with Crippen LogP contribution in [0.5, 0.6) is 0 Å². The minimum atomic E-state index is -1.03. The molecule has 21 heavy (non-hydrogen) atoms. The second-order valence-electron chi connectivity index (χ2n) is 5.52. The van der Waals surface area contributed by atoms with Crippen LogP contribution in [0.3, 0.4) is 0 Å². The predicted octanol–water partition coefficient (Wildman–Crippen LogP) is 3.67. The smallest absolute Gasteiger partial charge is 0.337 e. The number of hydrogen-bond donors (Lipinski definition) is 2. The van der Waals surface area contributed by atoms with Gasteiger partial charge >= 0.3 is 5.97 Å². The maximum atomic E-state index is 12.2. The first-order valence-corrected chi connectivity index (χ1v) is 7.22. The number of carbonyl (C=O) groups is 2. The van der Waals surface area contributed by atoms with Gasteiger partial charge in [0.15, 0.2) is 0 Å². The molecule has 0 aromatic heterocycles. The fraction of sp³-hybridized carbons (Fsp3) is 0.294. The first-order chi connectivity index (χ1) is 10.1. The van der Waals surface area contributed by atoms with Crippen molar-refractivity contribution in [1.29, 1.82) is 0 Å². The largest absolute Gasteiger partial charge is 0.478 e. The standard InChI is InChI=1S/C17H17NO3/c19-16(11-5-1-2-6-11)18-15-10-13-8-4-3-7-12(13)9-14(15)17(20)21/h3-4,7-11H,1-2,5-6H2,(H,18,19)(H,20,21). The fourth-order valence-electron chi connectivity index (χ4n) is 2.94. The van der Waals surface area contributed by atoms with Crippen molar-refractivity contribution in [2.75, 3.05) is 5.32 Å². The Hall–Kier alpha value is -2.36. The highest BCUT2D eigenvalue weighted by Gasteiger charge is 2.24. The minimum absolute atomic E-state index is 0.0121.